The third-order valence-electron chi connectivity index (χ3n) is 3.09. The molecule has 4 nitrogen and oxygen atoms in total. The average molecular weight is 299 g/mol. The lowest BCUT2D eigenvalue weighted by Crippen LogP contribution is -2.28. The Morgan fingerprint density at radius 1 is 1.43 bits per heavy atom. The van der Waals surface area contributed by atoms with Gasteiger partial charge in [0.05, 0.1) is 6.54 Å². The molecule has 0 aromatic heterocycles. The molecule has 0 unspecified atom stereocenters. The number of benzene rings is 1. The van der Waals surface area contributed by atoms with Crippen molar-refractivity contribution in [2.24, 2.45) is 4.99 Å². The molecule has 1 aliphatic rings. The van der Waals surface area contributed by atoms with Gasteiger partial charge in [0.15, 0.2) is 5.17 Å². The second-order valence-electron chi connectivity index (χ2n) is 4.98. The van der Waals surface area contributed by atoms with Crippen LogP contribution in [-0.4, -0.2) is 23.4 Å². The number of carbonyl (C=O) groups is 1. The van der Waals surface area contributed by atoms with Crippen LogP contribution in [0, 0.1) is 11.3 Å². The molecule has 0 spiro atoms. The first kappa shape index (κ1) is 15.3. The lowest BCUT2D eigenvalue weighted by molar-refractivity contribution is -0.115. The van der Waals surface area contributed by atoms with Crippen LogP contribution >= 0.6 is 11.8 Å². The van der Waals surface area contributed by atoms with Crippen molar-refractivity contribution in [1.82, 2.24) is 5.32 Å². The fourth-order valence-electron chi connectivity index (χ4n) is 1.87. The molecule has 1 aromatic rings. The van der Waals surface area contributed by atoms with Crippen molar-refractivity contribution in [3.63, 3.8) is 0 Å². The first-order valence-electron chi connectivity index (χ1n) is 6.80. The molecule has 0 bridgehead atoms. The lowest BCUT2D eigenvalue weighted by atomic mass is 10.0. The molecular weight excluding hydrogens is 282 g/mol. The standard InChI is InChI=1S/C16H17N3OS/c1-11(2)13-5-3-12(4-6-13)9-14(10-17)15(20)19-16-18-7-8-21-16/h3-6,9,11H,7-8H2,1-2H3,(H,18,19,20). The Kier molecular flexibility index (Phi) is 5.18. The van der Waals surface area contributed by atoms with Gasteiger partial charge in [-0.05, 0) is 23.1 Å². The van der Waals surface area contributed by atoms with Gasteiger partial charge >= 0.3 is 0 Å². The van der Waals surface area contributed by atoms with Gasteiger partial charge in [0.25, 0.3) is 5.91 Å². The zero-order valence-corrected chi connectivity index (χ0v) is 12.9. The maximum atomic E-state index is 12.0. The van der Waals surface area contributed by atoms with Gasteiger partial charge in [-0.3, -0.25) is 9.79 Å². The molecule has 1 aliphatic heterocycles. The van der Waals surface area contributed by atoms with E-state index < -0.39 is 5.91 Å². The maximum Gasteiger partial charge on any atom is 0.267 e. The van der Waals surface area contributed by atoms with E-state index in [0.29, 0.717) is 17.6 Å². The highest BCUT2D eigenvalue weighted by Gasteiger charge is 2.14. The molecule has 0 fully saturated rings. The molecule has 0 aliphatic carbocycles. The molecule has 0 atom stereocenters. The van der Waals surface area contributed by atoms with Gasteiger partial charge in [-0.2, -0.15) is 5.26 Å². The van der Waals surface area contributed by atoms with E-state index in [-0.39, 0.29) is 5.57 Å². The van der Waals surface area contributed by atoms with Gasteiger partial charge in [-0.1, -0.05) is 49.9 Å². The molecule has 1 amide bonds. The first-order chi connectivity index (χ1) is 10.1. The van der Waals surface area contributed by atoms with E-state index in [4.69, 9.17) is 5.26 Å². The smallest absolute Gasteiger partial charge is 0.267 e. The molecule has 1 aromatic carbocycles. The third-order valence-corrected chi connectivity index (χ3v) is 3.98. The van der Waals surface area contributed by atoms with Gasteiger partial charge in [-0.25, -0.2) is 0 Å². The first-order valence-corrected chi connectivity index (χ1v) is 7.79. The predicted molar refractivity (Wildman–Crippen MR) is 87.0 cm³/mol. The quantitative estimate of drug-likeness (QED) is 0.689. The van der Waals surface area contributed by atoms with E-state index in [0.717, 1.165) is 11.3 Å². The fourth-order valence-corrected chi connectivity index (χ4v) is 2.59. The molecule has 0 saturated heterocycles. The largest absolute Gasteiger partial charge is 0.301 e. The van der Waals surface area contributed by atoms with Crippen molar-refractivity contribution in [2.75, 3.05) is 12.3 Å². The van der Waals surface area contributed by atoms with Crippen molar-refractivity contribution in [2.45, 2.75) is 19.8 Å². The summed E-state index contributed by atoms with van der Waals surface area (Å²) in [6, 6.07) is 9.81. The van der Waals surface area contributed by atoms with Crippen LogP contribution in [0.2, 0.25) is 0 Å². The SMILES string of the molecule is CC(C)c1ccc(C=C(C#N)C(=O)NC2=NCCS2)cc1. The second kappa shape index (κ2) is 7.09. The zero-order valence-electron chi connectivity index (χ0n) is 12.1. The molecular formula is C16H17N3OS. The summed E-state index contributed by atoms with van der Waals surface area (Å²) in [6.07, 6.45) is 1.60. The van der Waals surface area contributed by atoms with Crippen LogP contribution < -0.4 is 5.32 Å². The number of nitrogens with one attached hydrogen (secondary N) is 1. The minimum Gasteiger partial charge on any atom is -0.301 e. The van der Waals surface area contributed by atoms with Crippen LogP contribution in [0.15, 0.2) is 34.8 Å². The molecule has 1 N–H and O–H groups in total. The van der Waals surface area contributed by atoms with E-state index >= 15 is 0 Å². The number of thioether (sulfide) groups is 1. The molecule has 1 heterocycles. The number of rotatable bonds is 3. The van der Waals surface area contributed by atoms with Gasteiger partial charge in [0.2, 0.25) is 0 Å². The molecule has 5 heteroatoms. The van der Waals surface area contributed by atoms with Crippen LogP contribution in [0.4, 0.5) is 0 Å². The number of hydrogen-bond donors (Lipinski definition) is 1. The fraction of sp³-hybridized carbons (Fsp3) is 0.312. The van der Waals surface area contributed by atoms with Crippen molar-refractivity contribution >= 4 is 28.9 Å². The van der Waals surface area contributed by atoms with Crippen molar-refractivity contribution < 1.29 is 4.79 Å². The van der Waals surface area contributed by atoms with Crippen LogP contribution in [0.1, 0.15) is 30.9 Å². The minimum atomic E-state index is -0.404. The predicted octanol–water partition coefficient (Wildman–Crippen LogP) is 2.94. The van der Waals surface area contributed by atoms with E-state index in [1.54, 1.807) is 6.08 Å². The highest BCUT2D eigenvalue weighted by molar-refractivity contribution is 8.14. The van der Waals surface area contributed by atoms with Crippen LogP contribution in [0.25, 0.3) is 6.08 Å². The normalized spacial score (nSPS) is 14.8. The Morgan fingerprint density at radius 3 is 2.67 bits per heavy atom. The monoisotopic (exact) mass is 299 g/mol. The van der Waals surface area contributed by atoms with Crippen LogP contribution in [0.5, 0.6) is 0 Å². The van der Waals surface area contributed by atoms with E-state index in [9.17, 15) is 4.79 Å². The van der Waals surface area contributed by atoms with E-state index in [1.807, 2.05) is 30.3 Å². The topological polar surface area (TPSA) is 65.2 Å². The van der Waals surface area contributed by atoms with Gasteiger partial charge in [0.1, 0.15) is 11.6 Å². The summed E-state index contributed by atoms with van der Waals surface area (Å²) in [6.45, 7) is 4.96. The molecule has 0 radical (unpaired) electrons. The lowest BCUT2D eigenvalue weighted by Gasteiger charge is -2.05. The number of nitriles is 1. The third kappa shape index (κ3) is 4.20. The van der Waals surface area contributed by atoms with Crippen molar-refractivity contribution in [3.8, 4) is 6.07 Å². The average Bonchev–Trinajstić information content (AvgIpc) is 2.98. The van der Waals surface area contributed by atoms with Gasteiger partial charge in [-0.15, -0.1) is 0 Å². The Balaban J connectivity index is 2.12. The molecule has 108 valence electrons. The summed E-state index contributed by atoms with van der Waals surface area (Å²) in [5.74, 6) is 0.926. The molecule has 21 heavy (non-hydrogen) atoms. The number of carbonyl (C=O) groups excluding carboxylic acids is 1. The Labute approximate surface area is 129 Å². The summed E-state index contributed by atoms with van der Waals surface area (Å²) in [4.78, 5) is 16.2. The summed E-state index contributed by atoms with van der Waals surface area (Å²) >= 11 is 1.49. The molecule has 0 saturated carbocycles. The highest BCUT2D eigenvalue weighted by atomic mass is 32.2. The number of amides is 1. The van der Waals surface area contributed by atoms with E-state index in [1.165, 1.54) is 17.3 Å². The Bertz CT molecular complexity index is 624. The number of nitrogens with zero attached hydrogens (tertiary/aromatic N) is 2. The van der Waals surface area contributed by atoms with Gasteiger partial charge < -0.3 is 5.32 Å². The molecule has 2 rings (SSSR count). The summed E-state index contributed by atoms with van der Waals surface area (Å²) in [5.41, 5.74) is 2.15. The van der Waals surface area contributed by atoms with Gasteiger partial charge in [0, 0.05) is 5.75 Å². The zero-order chi connectivity index (χ0) is 15.2. The minimum absolute atomic E-state index is 0.0856. The number of aliphatic imine (C=N–C) groups is 1. The maximum absolute atomic E-state index is 12.0. The number of hydrogen-bond acceptors (Lipinski definition) is 4. The number of amidine groups is 1. The Morgan fingerprint density at radius 2 is 2.14 bits per heavy atom. The Hall–Kier alpha value is -2.06. The second-order valence-corrected chi connectivity index (χ2v) is 6.06. The van der Waals surface area contributed by atoms with Crippen molar-refractivity contribution in [3.05, 3.63) is 41.0 Å². The summed E-state index contributed by atoms with van der Waals surface area (Å²) in [5, 5.41) is 12.4. The van der Waals surface area contributed by atoms with Crippen LogP contribution in [0.3, 0.4) is 0 Å². The highest BCUT2D eigenvalue weighted by Crippen LogP contribution is 2.16. The van der Waals surface area contributed by atoms with E-state index in [2.05, 4.69) is 24.2 Å². The summed E-state index contributed by atoms with van der Waals surface area (Å²) < 4.78 is 0. The summed E-state index contributed by atoms with van der Waals surface area (Å²) in [7, 11) is 0. The van der Waals surface area contributed by atoms with Crippen molar-refractivity contribution in [1.29, 1.82) is 5.26 Å². The van der Waals surface area contributed by atoms with Crippen LogP contribution in [-0.2, 0) is 4.79 Å².